The Kier molecular flexibility index (Phi) is 3.03. The highest BCUT2D eigenvalue weighted by Crippen LogP contribution is 2.23. The average molecular weight is 211 g/mol. The molecule has 0 aromatic carbocycles. The predicted molar refractivity (Wildman–Crippen MR) is 61.1 cm³/mol. The third-order valence-electron chi connectivity index (χ3n) is 2.78. The second kappa shape index (κ2) is 4.28. The largest absolute Gasteiger partial charge is 0.348 e. The smallest absolute Gasteiger partial charge is 0.185 e. The first kappa shape index (κ1) is 9.93. The summed E-state index contributed by atoms with van der Waals surface area (Å²) in [5, 5.41) is 6.65. The Morgan fingerprint density at radius 1 is 1.50 bits per heavy atom. The number of nitrogens with zero attached hydrogens (tertiary/aromatic N) is 2. The zero-order chi connectivity index (χ0) is 9.97. The average Bonchev–Trinajstić information content (AvgIpc) is 2.65. The van der Waals surface area contributed by atoms with Crippen molar-refractivity contribution in [2.75, 3.05) is 25.0 Å². The second-order valence-corrected chi connectivity index (χ2v) is 4.66. The molecule has 2 rings (SSSR count). The molecule has 0 aliphatic carbocycles. The Bertz CT molecular complexity index is 289. The van der Waals surface area contributed by atoms with E-state index < -0.39 is 0 Å². The van der Waals surface area contributed by atoms with Gasteiger partial charge in [0.1, 0.15) is 0 Å². The van der Waals surface area contributed by atoms with Gasteiger partial charge >= 0.3 is 0 Å². The van der Waals surface area contributed by atoms with Crippen molar-refractivity contribution in [3.05, 3.63) is 11.1 Å². The summed E-state index contributed by atoms with van der Waals surface area (Å²) in [5.41, 5.74) is 1.14. The van der Waals surface area contributed by atoms with Gasteiger partial charge in [0.15, 0.2) is 5.13 Å². The van der Waals surface area contributed by atoms with E-state index in [2.05, 4.69) is 27.5 Å². The van der Waals surface area contributed by atoms with Gasteiger partial charge in [-0.15, -0.1) is 11.3 Å². The van der Waals surface area contributed by atoms with Crippen LogP contribution in [0.25, 0.3) is 0 Å². The van der Waals surface area contributed by atoms with Crippen LogP contribution in [0.15, 0.2) is 5.38 Å². The van der Waals surface area contributed by atoms with E-state index in [1.165, 1.54) is 18.0 Å². The molecule has 0 amide bonds. The molecule has 0 radical (unpaired) electrons. The Morgan fingerprint density at radius 3 is 2.71 bits per heavy atom. The number of thiazole rings is 1. The minimum Gasteiger partial charge on any atom is -0.348 e. The van der Waals surface area contributed by atoms with E-state index in [1.807, 2.05) is 7.05 Å². The molecule has 4 heteroatoms. The lowest BCUT2D eigenvalue weighted by molar-refractivity contribution is 0.442. The van der Waals surface area contributed by atoms with Crippen LogP contribution in [0.4, 0.5) is 5.13 Å². The summed E-state index contributed by atoms with van der Waals surface area (Å²) >= 11 is 1.76. The Balaban J connectivity index is 1.95. The van der Waals surface area contributed by atoms with Gasteiger partial charge in [0, 0.05) is 24.5 Å². The minimum atomic E-state index is 0.701. The molecule has 0 atom stereocenters. The number of rotatable bonds is 2. The van der Waals surface area contributed by atoms with Gasteiger partial charge in [0.25, 0.3) is 0 Å². The third kappa shape index (κ3) is 2.07. The van der Waals surface area contributed by atoms with E-state index in [0.29, 0.717) is 6.04 Å². The summed E-state index contributed by atoms with van der Waals surface area (Å²) in [6, 6.07) is 0.701. The molecule has 0 bridgehead atoms. The second-order valence-electron chi connectivity index (χ2n) is 3.82. The molecule has 3 nitrogen and oxygen atoms in total. The van der Waals surface area contributed by atoms with E-state index in [-0.39, 0.29) is 0 Å². The third-order valence-corrected chi connectivity index (χ3v) is 3.80. The molecular weight excluding hydrogens is 194 g/mol. The standard InChI is InChI=1S/C10H17N3S/c1-8-7-14-10(12-8)13-5-3-9(11-2)4-6-13/h7,9,11H,3-6H2,1-2H3. The van der Waals surface area contributed by atoms with Crippen LogP contribution in [0, 0.1) is 6.92 Å². The molecule has 0 spiro atoms. The number of hydrogen-bond donors (Lipinski definition) is 1. The highest BCUT2D eigenvalue weighted by atomic mass is 32.1. The molecule has 1 saturated heterocycles. The van der Waals surface area contributed by atoms with Crippen molar-refractivity contribution in [1.82, 2.24) is 10.3 Å². The van der Waals surface area contributed by atoms with Crippen LogP contribution in [0.5, 0.6) is 0 Å². The van der Waals surface area contributed by atoms with Gasteiger partial charge < -0.3 is 10.2 Å². The van der Waals surface area contributed by atoms with Crippen LogP contribution in [0.1, 0.15) is 18.5 Å². The highest BCUT2D eigenvalue weighted by molar-refractivity contribution is 7.13. The molecule has 1 aromatic heterocycles. The van der Waals surface area contributed by atoms with Gasteiger partial charge in [-0.3, -0.25) is 0 Å². The summed E-state index contributed by atoms with van der Waals surface area (Å²) in [7, 11) is 2.05. The Morgan fingerprint density at radius 2 is 2.21 bits per heavy atom. The molecule has 1 fully saturated rings. The first-order valence-corrected chi connectivity index (χ1v) is 6.02. The van der Waals surface area contributed by atoms with E-state index in [4.69, 9.17) is 0 Å². The zero-order valence-electron chi connectivity index (χ0n) is 8.79. The molecule has 1 aromatic rings. The number of nitrogens with one attached hydrogen (secondary N) is 1. The van der Waals surface area contributed by atoms with E-state index in [0.717, 1.165) is 18.8 Å². The summed E-state index contributed by atoms with van der Waals surface area (Å²) in [6.07, 6.45) is 2.46. The monoisotopic (exact) mass is 211 g/mol. The summed E-state index contributed by atoms with van der Waals surface area (Å²) < 4.78 is 0. The van der Waals surface area contributed by atoms with Crippen LogP contribution >= 0.6 is 11.3 Å². The summed E-state index contributed by atoms with van der Waals surface area (Å²) in [4.78, 5) is 6.90. The highest BCUT2D eigenvalue weighted by Gasteiger charge is 2.19. The number of aromatic nitrogens is 1. The molecule has 0 saturated carbocycles. The fourth-order valence-electron chi connectivity index (χ4n) is 1.85. The molecule has 78 valence electrons. The molecule has 1 aliphatic rings. The van der Waals surface area contributed by atoms with Crippen LogP contribution < -0.4 is 10.2 Å². The predicted octanol–water partition coefficient (Wildman–Crippen LogP) is 1.64. The topological polar surface area (TPSA) is 28.2 Å². The molecule has 1 aliphatic heterocycles. The lowest BCUT2D eigenvalue weighted by Crippen LogP contribution is -2.41. The van der Waals surface area contributed by atoms with Crippen LogP contribution in [0.3, 0.4) is 0 Å². The Hall–Kier alpha value is -0.610. The van der Waals surface area contributed by atoms with E-state index in [9.17, 15) is 0 Å². The fourth-order valence-corrected chi connectivity index (χ4v) is 2.70. The minimum absolute atomic E-state index is 0.701. The van der Waals surface area contributed by atoms with Gasteiger partial charge in [0.2, 0.25) is 0 Å². The molecule has 1 N–H and O–H groups in total. The maximum absolute atomic E-state index is 4.51. The summed E-state index contributed by atoms with van der Waals surface area (Å²) in [6.45, 7) is 4.33. The first-order valence-electron chi connectivity index (χ1n) is 5.14. The normalized spacial score (nSPS) is 18.9. The molecule has 2 heterocycles. The van der Waals surface area contributed by atoms with Crippen molar-refractivity contribution >= 4 is 16.5 Å². The van der Waals surface area contributed by atoms with Crippen molar-refractivity contribution in [2.24, 2.45) is 0 Å². The molecule has 0 unspecified atom stereocenters. The molecular formula is C10H17N3S. The lowest BCUT2D eigenvalue weighted by atomic mass is 10.1. The van der Waals surface area contributed by atoms with Crippen molar-refractivity contribution in [2.45, 2.75) is 25.8 Å². The van der Waals surface area contributed by atoms with Gasteiger partial charge in [-0.2, -0.15) is 0 Å². The van der Waals surface area contributed by atoms with Crippen molar-refractivity contribution in [1.29, 1.82) is 0 Å². The number of aryl methyl sites for hydroxylation is 1. The lowest BCUT2D eigenvalue weighted by Gasteiger charge is -2.31. The van der Waals surface area contributed by atoms with E-state index >= 15 is 0 Å². The van der Waals surface area contributed by atoms with Gasteiger partial charge in [-0.05, 0) is 26.8 Å². The van der Waals surface area contributed by atoms with Crippen LogP contribution in [-0.4, -0.2) is 31.2 Å². The number of anilines is 1. The number of hydrogen-bond acceptors (Lipinski definition) is 4. The van der Waals surface area contributed by atoms with Crippen molar-refractivity contribution in [3.63, 3.8) is 0 Å². The Labute approximate surface area is 89.1 Å². The van der Waals surface area contributed by atoms with Gasteiger partial charge in [-0.1, -0.05) is 0 Å². The van der Waals surface area contributed by atoms with Gasteiger partial charge in [-0.25, -0.2) is 4.98 Å². The first-order chi connectivity index (χ1) is 6.79. The number of piperidine rings is 1. The van der Waals surface area contributed by atoms with Crippen molar-refractivity contribution < 1.29 is 0 Å². The van der Waals surface area contributed by atoms with E-state index in [1.54, 1.807) is 11.3 Å². The fraction of sp³-hybridized carbons (Fsp3) is 0.700. The zero-order valence-corrected chi connectivity index (χ0v) is 9.60. The van der Waals surface area contributed by atoms with Gasteiger partial charge in [0.05, 0.1) is 5.69 Å². The van der Waals surface area contributed by atoms with Crippen LogP contribution in [0.2, 0.25) is 0 Å². The maximum Gasteiger partial charge on any atom is 0.185 e. The summed E-state index contributed by atoms with van der Waals surface area (Å²) in [5.74, 6) is 0. The molecule has 14 heavy (non-hydrogen) atoms. The quantitative estimate of drug-likeness (QED) is 0.806. The maximum atomic E-state index is 4.51. The SMILES string of the molecule is CNC1CCN(c2nc(C)cs2)CC1. The van der Waals surface area contributed by atoms with Crippen LogP contribution in [-0.2, 0) is 0 Å². The van der Waals surface area contributed by atoms with Crippen molar-refractivity contribution in [3.8, 4) is 0 Å².